The van der Waals surface area contributed by atoms with Crippen LogP contribution in [-0.4, -0.2) is 23.1 Å². The Balaban J connectivity index is 2.11. The maximum Gasteiger partial charge on any atom is 0.100 e. The minimum atomic E-state index is 0.235. The van der Waals surface area contributed by atoms with Crippen molar-refractivity contribution in [2.45, 2.75) is 54.9 Å². The first-order valence-corrected chi connectivity index (χ1v) is 12.9. The third-order valence-electron chi connectivity index (χ3n) is 6.91. The van der Waals surface area contributed by atoms with Crippen LogP contribution in [0.2, 0.25) is 0 Å². The first-order valence-electron chi connectivity index (χ1n) is 12.9. The third kappa shape index (κ3) is 6.10. The third-order valence-corrected chi connectivity index (χ3v) is 6.91. The number of aromatic nitrogens is 2. The van der Waals surface area contributed by atoms with Gasteiger partial charge in [-0.25, -0.2) is 0 Å². The molecule has 2 heterocycles. The molecule has 1 aromatic carbocycles. The molecule has 0 bridgehead atoms. The number of hydrogen-bond donors (Lipinski definition) is 0. The van der Waals surface area contributed by atoms with Gasteiger partial charge in [0.15, 0.2) is 0 Å². The van der Waals surface area contributed by atoms with Gasteiger partial charge in [0.05, 0.1) is 17.0 Å². The van der Waals surface area contributed by atoms with Gasteiger partial charge in [0.2, 0.25) is 0 Å². The van der Waals surface area contributed by atoms with E-state index in [1.807, 2.05) is 31.2 Å². The van der Waals surface area contributed by atoms with Crippen molar-refractivity contribution < 1.29 is 0 Å². The zero-order valence-corrected chi connectivity index (χ0v) is 22.8. The lowest BCUT2D eigenvalue weighted by Gasteiger charge is -2.22. The summed E-state index contributed by atoms with van der Waals surface area (Å²) in [4.78, 5) is 11.4. The predicted molar refractivity (Wildman–Crippen MR) is 153 cm³/mol. The number of aryl methyl sites for hydroxylation is 2. The Kier molecular flexibility index (Phi) is 9.19. The minimum absolute atomic E-state index is 0.235. The van der Waals surface area contributed by atoms with Crippen LogP contribution in [0.3, 0.4) is 0 Å². The SMILES string of the molecule is CCC(C)C(/C=C(/C)c1ccc(N(CC)CC)cc1C)=C(/C#N)c1ccnc(-c2cc(C)ccn2)c1. The molecule has 0 saturated carbocycles. The highest BCUT2D eigenvalue weighted by molar-refractivity contribution is 5.85. The molecule has 3 aromatic rings. The van der Waals surface area contributed by atoms with Crippen molar-refractivity contribution in [3.63, 3.8) is 0 Å². The van der Waals surface area contributed by atoms with Crippen LogP contribution in [0, 0.1) is 31.1 Å². The Morgan fingerprint density at radius 2 is 1.64 bits per heavy atom. The van der Waals surface area contributed by atoms with E-state index in [1.165, 1.54) is 16.8 Å². The van der Waals surface area contributed by atoms with Gasteiger partial charge in [-0.05, 0) is 117 Å². The molecule has 0 N–H and O–H groups in total. The quantitative estimate of drug-likeness (QED) is 0.231. The van der Waals surface area contributed by atoms with Gasteiger partial charge in [-0.15, -0.1) is 0 Å². The van der Waals surface area contributed by atoms with Gasteiger partial charge in [0.1, 0.15) is 6.07 Å². The molecule has 1 unspecified atom stereocenters. The smallest absolute Gasteiger partial charge is 0.100 e. The first kappa shape index (κ1) is 26.9. The van der Waals surface area contributed by atoms with E-state index in [4.69, 9.17) is 0 Å². The molecule has 0 aliphatic rings. The number of allylic oxidation sites excluding steroid dienone is 4. The molecule has 0 aliphatic carbocycles. The molecule has 0 fully saturated rings. The second kappa shape index (κ2) is 12.3. The van der Waals surface area contributed by atoms with Crippen LogP contribution in [0.25, 0.3) is 22.5 Å². The summed E-state index contributed by atoms with van der Waals surface area (Å²) >= 11 is 0. The second-order valence-corrected chi connectivity index (χ2v) is 9.40. The molecule has 1 atom stereocenters. The van der Waals surface area contributed by atoms with E-state index < -0.39 is 0 Å². The van der Waals surface area contributed by atoms with Crippen molar-refractivity contribution in [2.75, 3.05) is 18.0 Å². The van der Waals surface area contributed by atoms with Crippen LogP contribution in [-0.2, 0) is 0 Å². The van der Waals surface area contributed by atoms with Crippen molar-refractivity contribution in [1.29, 1.82) is 5.26 Å². The lowest BCUT2D eigenvalue weighted by Crippen LogP contribution is -2.21. The van der Waals surface area contributed by atoms with Crippen LogP contribution in [0.5, 0.6) is 0 Å². The fourth-order valence-corrected chi connectivity index (χ4v) is 4.57. The molecule has 0 spiro atoms. The van der Waals surface area contributed by atoms with Crippen molar-refractivity contribution in [2.24, 2.45) is 5.92 Å². The molecule has 4 heteroatoms. The lowest BCUT2D eigenvalue weighted by molar-refractivity contribution is 0.673. The summed E-state index contributed by atoms with van der Waals surface area (Å²) < 4.78 is 0. The largest absolute Gasteiger partial charge is 0.372 e. The number of nitriles is 1. The number of pyridine rings is 2. The van der Waals surface area contributed by atoms with Gasteiger partial charge in [-0.1, -0.05) is 26.0 Å². The monoisotopic (exact) mass is 478 g/mol. The van der Waals surface area contributed by atoms with Gasteiger partial charge in [-0.3, -0.25) is 9.97 Å². The van der Waals surface area contributed by atoms with Crippen molar-refractivity contribution >= 4 is 16.8 Å². The van der Waals surface area contributed by atoms with Crippen LogP contribution >= 0.6 is 0 Å². The van der Waals surface area contributed by atoms with Crippen LogP contribution < -0.4 is 4.90 Å². The standard InChI is InChI=1S/C32H38N4/c1-8-23(5)29(19-25(7)28-12-11-27(18-24(28)6)36(9-2)10-3)30(21-33)26-14-16-35-32(20-26)31-17-22(4)13-15-34-31/h11-20,23H,8-10H2,1-7H3/b25-19-,30-29-. The van der Waals surface area contributed by atoms with Gasteiger partial charge in [0.25, 0.3) is 0 Å². The average Bonchev–Trinajstić information content (AvgIpc) is 2.89. The van der Waals surface area contributed by atoms with Crippen molar-refractivity contribution in [3.05, 3.63) is 88.8 Å². The molecule has 0 aliphatic heterocycles. The zero-order chi connectivity index (χ0) is 26.2. The van der Waals surface area contributed by atoms with Crippen molar-refractivity contribution in [3.8, 4) is 17.5 Å². The number of hydrogen-bond acceptors (Lipinski definition) is 4. The van der Waals surface area contributed by atoms with E-state index in [1.54, 1.807) is 12.4 Å². The number of nitrogens with zero attached hydrogens (tertiary/aromatic N) is 4. The highest BCUT2D eigenvalue weighted by Gasteiger charge is 2.16. The summed E-state index contributed by atoms with van der Waals surface area (Å²) in [6.45, 7) is 17.1. The van der Waals surface area contributed by atoms with Gasteiger partial charge < -0.3 is 4.90 Å². The van der Waals surface area contributed by atoms with Crippen LogP contribution in [0.15, 0.2) is 66.5 Å². The van der Waals surface area contributed by atoms with Gasteiger partial charge >= 0.3 is 0 Å². The predicted octanol–water partition coefficient (Wildman–Crippen LogP) is 8.03. The molecule has 0 amide bonds. The number of anilines is 1. The van der Waals surface area contributed by atoms with E-state index in [0.717, 1.165) is 53.2 Å². The second-order valence-electron chi connectivity index (χ2n) is 9.40. The Bertz CT molecular complexity index is 1310. The lowest BCUT2D eigenvalue weighted by atomic mass is 9.87. The summed E-state index contributed by atoms with van der Waals surface area (Å²) in [7, 11) is 0. The van der Waals surface area contributed by atoms with E-state index >= 15 is 0 Å². The average molecular weight is 479 g/mol. The fourth-order valence-electron chi connectivity index (χ4n) is 4.57. The van der Waals surface area contributed by atoms with Gasteiger partial charge in [-0.2, -0.15) is 5.26 Å². The molecular formula is C32H38N4. The van der Waals surface area contributed by atoms with E-state index in [2.05, 4.69) is 86.8 Å². The highest BCUT2D eigenvalue weighted by atomic mass is 15.1. The number of rotatable bonds is 9. The van der Waals surface area contributed by atoms with E-state index in [-0.39, 0.29) is 5.92 Å². The van der Waals surface area contributed by atoms with E-state index in [0.29, 0.717) is 5.57 Å². The zero-order valence-electron chi connectivity index (χ0n) is 22.8. The van der Waals surface area contributed by atoms with E-state index in [9.17, 15) is 5.26 Å². The molecule has 3 rings (SSSR count). The molecule has 186 valence electrons. The first-order chi connectivity index (χ1) is 17.3. The summed E-state index contributed by atoms with van der Waals surface area (Å²) in [5, 5.41) is 10.3. The number of benzene rings is 1. The van der Waals surface area contributed by atoms with Crippen LogP contribution in [0.4, 0.5) is 5.69 Å². The van der Waals surface area contributed by atoms with Gasteiger partial charge in [0, 0.05) is 31.2 Å². The Morgan fingerprint density at radius 3 is 2.22 bits per heavy atom. The topological polar surface area (TPSA) is 52.8 Å². The Labute approximate surface area is 217 Å². The maximum atomic E-state index is 10.3. The molecule has 36 heavy (non-hydrogen) atoms. The maximum absolute atomic E-state index is 10.3. The summed E-state index contributed by atoms with van der Waals surface area (Å²) in [6, 6.07) is 17.1. The summed E-state index contributed by atoms with van der Waals surface area (Å²) in [6.07, 6.45) is 6.72. The fraction of sp³-hybridized carbons (Fsp3) is 0.344. The molecular weight excluding hydrogens is 440 g/mol. The molecule has 2 aromatic heterocycles. The summed E-state index contributed by atoms with van der Waals surface area (Å²) in [5.74, 6) is 0.235. The molecule has 4 nitrogen and oxygen atoms in total. The summed E-state index contributed by atoms with van der Waals surface area (Å²) in [5.41, 5.74) is 10.2. The Morgan fingerprint density at radius 1 is 0.972 bits per heavy atom. The van der Waals surface area contributed by atoms with Crippen LogP contribution in [0.1, 0.15) is 63.3 Å². The normalized spacial score (nSPS) is 13.1. The molecule has 0 saturated heterocycles. The Hall–Kier alpha value is -3.71. The molecule has 0 radical (unpaired) electrons. The van der Waals surface area contributed by atoms with Crippen molar-refractivity contribution in [1.82, 2.24) is 9.97 Å². The minimum Gasteiger partial charge on any atom is -0.372 e. The highest BCUT2D eigenvalue weighted by Crippen LogP contribution is 2.32.